The van der Waals surface area contributed by atoms with E-state index in [0.717, 1.165) is 28.2 Å². The van der Waals surface area contributed by atoms with Gasteiger partial charge in [0.25, 0.3) is 0 Å². The Morgan fingerprint density at radius 1 is 0.852 bits per heavy atom. The summed E-state index contributed by atoms with van der Waals surface area (Å²) in [5.74, 6) is 0.709. The normalized spacial score (nSPS) is 17.5. The van der Waals surface area contributed by atoms with E-state index in [0.29, 0.717) is 6.42 Å². The van der Waals surface area contributed by atoms with Crippen LogP contribution in [0, 0.1) is 0 Å². The van der Waals surface area contributed by atoms with Gasteiger partial charge in [0, 0.05) is 11.5 Å². The van der Waals surface area contributed by atoms with Crippen LogP contribution in [-0.2, 0) is 0 Å². The number of hydrogen-bond donors (Lipinski definition) is 0. The quantitative estimate of drug-likeness (QED) is 0.518. The molecule has 4 heteroatoms. The minimum absolute atomic E-state index is 0.0924. The highest BCUT2D eigenvalue weighted by Crippen LogP contribution is 2.39. The fourth-order valence-corrected chi connectivity index (χ4v) is 4.01. The van der Waals surface area contributed by atoms with Crippen molar-refractivity contribution in [1.29, 1.82) is 0 Å². The maximum atomic E-state index is 12.3. The third-order valence-corrected chi connectivity index (χ3v) is 5.27. The average molecular weight is 354 g/mol. The van der Waals surface area contributed by atoms with E-state index < -0.39 is 0 Å². The van der Waals surface area contributed by atoms with Crippen LogP contribution in [0.5, 0.6) is 5.75 Å². The number of hydrazone groups is 1. The Morgan fingerprint density at radius 3 is 1.96 bits per heavy atom. The smallest absolute Gasteiger partial charge is 0.248 e. The number of rotatable bonds is 2. The Bertz CT molecular complexity index is 1050. The SMILES string of the molecule is COc1ccc(C2CC([O-])=N[N+]2=C2c3ccccc3-c3ccccc32)cc1. The van der Waals surface area contributed by atoms with Crippen molar-refractivity contribution in [1.82, 2.24) is 0 Å². The molecule has 0 fully saturated rings. The lowest BCUT2D eigenvalue weighted by atomic mass is 10.0. The van der Waals surface area contributed by atoms with E-state index in [-0.39, 0.29) is 11.9 Å². The second-order valence-corrected chi connectivity index (χ2v) is 6.77. The Labute approximate surface area is 157 Å². The molecule has 0 amide bonds. The van der Waals surface area contributed by atoms with Gasteiger partial charge in [-0.3, -0.25) is 0 Å². The number of ether oxygens (including phenoxy) is 1. The van der Waals surface area contributed by atoms with Gasteiger partial charge in [-0.2, -0.15) is 0 Å². The molecule has 3 aromatic rings. The molecule has 132 valence electrons. The Hall–Kier alpha value is -3.40. The molecule has 0 radical (unpaired) electrons. The summed E-state index contributed by atoms with van der Waals surface area (Å²) < 4.78 is 7.17. The zero-order valence-electron chi connectivity index (χ0n) is 14.9. The van der Waals surface area contributed by atoms with Crippen LogP contribution in [-0.4, -0.2) is 23.4 Å². The predicted octanol–water partition coefficient (Wildman–Crippen LogP) is 3.34. The first-order chi connectivity index (χ1) is 13.3. The van der Waals surface area contributed by atoms with Gasteiger partial charge in [-0.1, -0.05) is 41.1 Å². The number of nitrogens with zero attached hydrogens (tertiary/aromatic N) is 2. The van der Waals surface area contributed by atoms with E-state index in [9.17, 15) is 5.11 Å². The molecule has 0 aromatic heterocycles. The van der Waals surface area contributed by atoms with Gasteiger partial charge in [0.1, 0.15) is 5.75 Å². The Kier molecular flexibility index (Phi) is 3.57. The second kappa shape index (κ2) is 6.09. The second-order valence-electron chi connectivity index (χ2n) is 6.77. The zero-order valence-corrected chi connectivity index (χ0v) is 14.9. The molecule has 2 aliphatic rings. The average Bonchev–Trinajstić information content (AvgIpc) is 3.25. The topological polar surface area (TPSA) is 47.7 Å². The molecule has 0 saturated carbocycles. The summed E-state index contributed by atoms with van der Waals surface area (Å²) in [6.07, 6.45) is 0.375. The number of hydrogen-bond acceptors (Lipinski definition) is 3. The molecular formula is C23H18N2O2. The fraction of sp³-hybridized carbons (Fsp3) is 0.130. The summed E-state index contributed by atoms with van der Waals surface area (Å²) in [5, 5.41) is 16.7. The number of benzene rings is 3. The van der Waals surface area contributed by atoms with Crippen LogP contribution in [0.2, 0.25) is 0 Å². The summed E-state index contributed by atoms with van der Waals surface area (Å²) in [7, 11) is 1.65. The molecule has 0 spiro atoms. The van der Waals surface area contributed by atoms with Crippen molar-refractivity contribution in [2.24, 2.45) is 5.10 Å². The summed E-state index contributed by atoms with van der Waals surface area (Å²) in [6, 6.07) is 24.4. The van der Waals surface area contributed by atoms with Crippen molar-refractivity contribution in [3.05, 3.63) is 89.5 Å². The van der Waals surface area contributed by atoms with E-state index in [1.54, 1.807) is 7.11 Å². The van der Waals surface area contributed by atoms with Crippen LogP contribution >= 0.6 is 0 Å². The van der Waals surface area contributed by atoms with Crippen LogP contribution in [0.4, 0.5) is 0 Å². The maximum absolute atomic E-state index is 12.3. The summed E-state index contributed by atoms with van der Waals surface area (Å²) in [5.41, 5.74) is 6.68. The molecule has 1 unspecified atom stereocenters. The Balaban J connectivity index is 1.73. The molecule has 1 aliphatic carbocycles. The molecule has 0 N–H and O–H groups in total. The van der Waals surface area contributed by atoms with Crippen LogP contribution in [0.25, 0.3) is 11.1 Å². The number of fused-ring (bicyclic) bond motifs is 3. The van der Waals surface area contributed by atoms with E-state index in [2.05, 4.69) is 29.4 Å². The molecule has 1 heterocycles. The minimum atomic E-state index is -0.113. The van der Waals surface area contributed by atoms with Crippen LogP contribution in [0.15, 0.2) is 77.9 Å². The lowest BCUT2D eigenvalue weighted by Gasteiger charge is -2.10. The predicted molar refractivity (Wildman–Crippen MR) is 103 cm³/mol. The highest BCUT2D eigenvalue weighted by Gasteiger charge is 2.39. The van der Waals surface area contributed by atoms with Gasteiger partial charge in [0.15, 0.2) is 0 Å². The molecule has 0 saturated heterocycles. The van der Waals surface area contributed by atoms with Crippen LogP contribution in [0.1, 0.15) is 29.2 Å². The van der Waals surface area contributed by atoms with Crippen molar-refractivity contribution in [2.75, 3.05) is 7.11 Å². The van der Waals surface area contributed by atoms with E-state index in [4.69, 9.17) is 4.74 Å². The highest BCUT2D eigenvalue weighted by atomic mass is 16.5. The van der Waals surface area contributed by atoms with Gasteiger partial charge in [-0.05, 0) is 52.6 Å². The van der Waals surface area contributed by atoms with Crippen molar-refractivity contribution in [2.45, 2.75) is 12.5 Å². The molecule has 3 aromatic carbocycles. The lowest BCUT2D eigenvalue weighted by molar-refractivity contribution is -0.567. The van der Waals surface area contributed by atoms with Crippen LogP contribution in [0.3, 0.4) is 0 Å². The lowest BCUT2D eigenvalue weighted by Crippen LogP contribution is -2.19. The van der Waals surface area contributed by atoms with E-state index >= 15 is 0 Å². The molecule has 1 atom stereocenters. The molecule has 4 nitrogen and oxygen atoms in total. The summed E-state index contributed by atoms with van der Waals surface area (Å²) in [6.45, 7) is 0. The minimum Gasteiger partial charge on any atom is -0.857 e. The van der Waals surface area contributed by atoms with Gasteiger partial charge in [-0.25, -0.2) is 0 Å². The van der Waals surface area contributed by atoms with E-state index in [1.165, 1.54) is 11.1 Å². The van der Waals surface area contributed by atoms with Crippen molar-refractivity contribution in [3.8, 4) is 16.9 Å². The largest absolute Gasteiger partial charge is 0.857 e. The van der Waals surface area contributed by atoms with Crippen LogP contribution < -0.4 is 9.84 Å². The molecule has 5 rings (SSSR count). The first-order valence-electron chi connectivity index (χ1n) is 9.00. The van der Waals surface area contributed by atoms with Gasteiger partial charge in [0.05, 0.1) is 24.7 Å². The van der Waals surface area contributed by atoms with Gasteiger partial charge >= 0.3 is 0 Å². The fourth-order valence-electron chi connectivity index (χ4n) is 4.01. The molecule has 0 bridgehead atoms. The first-order valence-corrected chi connectivity index (χ1v) is 9.00. The monoisotopic (exact) mass is 354 g/mol. The highest BCUT2D eigenvalue weighted by molar-refractivity contribution is 6.22. The van der Waals surface area contributed by atoms with Gasteiger partial charge in [-0.15, -0.1) is 0 Å². The van der Waals surface area contributed by atoms with Gasteiger partial charge in [0.2, 0.25) is 11.8 Å². The first kappa shape index (κ1) is 15.8. The third-order valence-electron chi connectivity index (χ3n) is 5.27. The van der Waals surface area contributed by atoms with Crippen molar-refractivity contribution >= 4 is 11.6 Å². The number of methoxy groups -OCH3 is 1. The third kappa shape index (κ3) is 2.45. The van der Waals surface area contributed by atoms with Gasteiger partial charge < -0.3 is 9.84 Å². The van der Waals surface area contributed by atoms with Crippen molar-refractivity contribution < 1.29 is 14.5 Å². The Morgan fingerprint density at radius 2 is 1.41 bits per heavy atom. The molecular weight excluding hydrogens is 336 g/mol. The van der Waals surface area contributed by atoms with E-state index in [1.807, 2.05) is 53.2 Å². The summed E-state index contributed by atoms with van der Waals surface area (Å²) in [4.78, 5) is 0. The standard InChI is InChI=1S/C23H18N2O2/c1-27-16-12-10-15(11-13-16)21-14-22(26)24-25(21)23-19-8-4-2-6-17(19)18-7-3-5-9-20(18)23/h2-13,21H,14H2,1H3. The maximum Gasteiger partial charge on any atom is 0.248 e. The summed E-state index contributed by atoms with van der Waals surface area (Å²) >= 11 is 0. The van der Waals surface area contributed by atoms with Crippen molar-refractivity contribution in [3.63, 3.8) is 0 Å². The molecule has 1 aliphatic heterocycles. The zero-order chi connectivity index (χ0) is 18.4. The molecule has 27 heavy (non-hydrogen) atoms.